The Labute approximate surface area is 143 Å². The molecule has 1 atom stereocenters. The summed E-state index contributed by atoms with van der Waals surface area (Å²) in [5.41, 5.74) is 3.18. The molecule has 120 valence electrons. The van der Waals surface area contributed by atoms with Crippen molar-refractivity contribution in [1.82, 2.24) is 15.3 Å². The van der Waals surface area contributed by atoms with Crippen molar-refractivity contribution in [2.24, 2.45) is 0 Å². The molecule has 3 aromatic rings. The van der Waals surface area contributed by atoms with Crippen LogP contribution in [0.1, 0.15) is 21.3 Å². The van der Waals surface area contributed by atoms with Crippen LogP contribution in [0.15, 0.2) is 60.0 Å². The third kappa shape index (κ3) is 2.55. The topological polar surface area (TPSA) is 67.0 Å². The van der Waals surface area contributed by atoms with Gasteiger partial charge in [0.15, 0.2) is 0 Å². The Hall–Kier alpha value is -2.73. The maximum atomic E-state index is 12.8. The second kappa shape index (κ2) is 6.05. The molecule has 0 spiro atoms. The van der Waals surface area contributed by atoms with Crippen LogP contribution in [0.2, 0.25) is 0 Å². The van der Waals surface area contributed by atoms with E-state index in [1.54, 1.807) is 31.3 Å². The summed E-state index contributed by atoms with van der Waals surface area (Å²) in [4.78, 5) is 20.1. The number of hydrogen-bond acceptors (Lipinski definition) is 5. The summed E-state index contributed by atoms with van der Waals surface area (Å²) in [5, 5.41) is 6.06. The first-order chi connectivity index (χ1) is 11.8. The minimum atomic E-state index is -0.0229. The molecule has 0 fully saturated rings. The zero-order valence-electron chi connectivity index (χ0n) is 12.9. The number of allylic oxidation sites excluding steroid dienone is 1. The van der Waals surface area contributed by atoms with Crippen molar-refractivity contribution < 1.29 is 9.53 Å². The van der Waals surface area contributed by atoms with Gasteiger partial charge in [0.1, 0.15) is 11.1 Å². The number of aromatic amines is 1. The first kappa shape index (κ1) is 14.8. The number of Topliss-reactive ketones (excluding diaryl/α,β-unsaturated/α-hetero) is 1. The van der Waals surface area contributed by atoms with Gasteiger partial charge < -0.3 is 15.0 Å². The summed E-state index contributed by atoms with van der Waals surface area (Å²) in [6.07, 6.45) is 5.30. The Morgan fingerprint density at radius 1 is 1.33 bits per heavy atom. The van der Waals surface area contributed by atoms with Crippen molar-refractivity contribution in [1.29, 1.82) is 0 Å². The second-order valence-electron chi connectivity index (χ2n) is 5.42. The average Bonchev–Trinajstić information content (AvgIpc) is 3.28. The molecule has 1 aliphatic heterocycles. The van der Waals surface area contributed by atoms with Crippen LogP contribution < -0.4 is 10.1 Å². The van der Waals surface area contributed by atoms with E-state index < -0.39 is 0 Å². The molecule has 1 aromatic carbocycles. The fourth-order valence-electron chi connectivity index (χ4n) is 2.72. The van der Waals surface area contributed by atoms with Crippen molar-refractivity contribution in [2.45, 2.75) is 5.37 Å². The Morgan fingerprint density at radius 3 is 3.04 bits per heavy atom. The van der Waals surface area contributed by atoms with Gasteiger partial charge in [-0.15, -0.1) is 11.8 Å². The number of hydrogen-bond donors (Lipinski definition) is 2. The fourth-order valence-corrected chi connectivity index (χ4v) is 3.66. The van der Waals surface area contributed by atoms with Gasteiger partial charge in [0.25, 0.3) is 0 Å². The van der Waals surface area contributed by atoms with E-state index in [0.29, 0.717) is 11.3 Å². The molecule has 0 amide bonds. The molecule has 3 heterocycles. The van der Waals surface area contributed by atoms with E-state index in [-0.39, 0.29) is 11.2 Å². The number of carbonyl (C=O) groups excluding carboxylic acids is 1. The number of aromatic nitrogens is 2. The van der Waals surface area contributed by atoms with E-state index in [0.717, 1.165) is 22.2 Å². The summed E-state index contributed by atoms with van der Waals surface area (Å²) in [6.45, 7) is 0. The molecule has 0 radical (unpaired) electrons. The van der Waals surface area contributed by atoms with Crippen LogP contribution in [-0.2, 0) is 0 Å². The lowest BCUT2D eigenvalue weighted by Gasteiger charge is -2.12. The van der Waals surface area contributed by atoms with Gasteiger partial charge in [-0.05, 0) is 18.2 Å². The van der Waals surface area contributed by atoms with Crippen molar-refractivity contribution in [3.8, 4) is 5.75 Å². The third-order valence-corrected chi connectivity index (χ3v) is 5.01. The minimum Gasteiger partial charge on any atom is -0.497 e. The van der Waals surface area contributed by atoms with Gasteiger partial charge >= 0.3 is 0 Å². The van der Waals surface area contributed by atoms with E-state index >= 15 is 0 Å². The number of pyridine rings is 1. The van der Waals surface area contributed by atoms with Gasteiger partial charge in [-0.2, -0.15) is 0 Å². The summed E-state index contributed by atoms with van der Waals surface area (Å²) in [6, 6.07) is 9.53. The highest BCUT2D eigenvalue weighted by Gasteiger charge is 2.25. The Bertz CT molecular complexity index is 934. The number of H-pyrrole nitrogens is 1. The number of nitrogens with one attached hydrogen (secondary N) is 2. The lowest BCUT2D eigenvalue weighted by molar-refractivity contribution is 0.102. The van der Waals surface area contributed by atoms with E-state index in [2.05, 4.69) is 15.3 Å². The Kier molecular flexibility index (Phi) is 3.74. The summed E-state index contributed by atoms with van der Waals surface area (Å²) in [7, 11) is 1.62. The standard InChI is InChI=1S/C18H15N3O2S/c1-23-12-4-5-13-14(9-20-15(13)7-12)17(22)16-10-24-18(21-16)11-3-2-6-19-8-11/h2-10,18,20-21H,1H3. The average molecular weight is 337 g/mol. The molecule has 2 N–H and O–H groups in total. The van der Waals surface area contributed by atoms with E-state index in [1.165, 1.54) is 0 Å². The summed E-state index contributed by atoms with van der Waals surface area (Å²) >= 11 is 1.58. The highest BCUT2D eigenvalue weighted by Crippen LogP contribution is 2.35. The van der Waals surface area contributed by atoms with Gasteiger partial charge in [-0.1, -0.05) is 6.07 Å². The van der Waals surface area contributed by atoms with Crippen LogP contribution in [0.5, 0.6) is 5.75 Å². The fraction of sp³-hybridized carbons (Fsp3) is 0.111. The van der Waals surface area contributed by atoms with E-state index in [4.69, 9.17) is 4.74 Å². The number of ketones is 1. The van der Waals surface area contributed by atoms with E-state index in [9.17, 15) is 4.79 Å². The van der Waals surface area contributed by atoms with Crippen molar-refractivity contribution >= 4 is 28.4 Å². The second-order valence-corrected chi connectivity index (χ2v) is 6.40. The molecular formula is C18H15N3O2S. The molecule has 1 aliphatic rings. The molecular weight excluding hydrogens is 322 g/mol. The zero-order chi connectivity index (χ0) is 16.5. The highest BCUT2D eigenvalue weighted by atomic mass is 32.2. The van der Waals surface area contributed by atoms with Gasteiger partial charge in [0.05, 0.1) is 12.8 Å². The first-order valence-electron chi connectivity index (χ1n) is 7.48. The van der Waals surface area contributed by atoms with Crippen LogP contribution in [0.3, 0.4) is 0 Å². The lowest BCUT2D eigenvalue weighted by Crippen LogP contribution is -2.19. The maximum absolute atomic E-state index is 12.8. The van der Waals surface area contributed by atoms with Gasteiger partial charge in [0.2, 0.25) is 5.78 Å². The lowest BCUT2D eigenvalue weighted by atomic mass is 10.1. The molecule has 0 bridgehead atoms. The number of nitrogens with zero attached hydrogens (tertiary/aromatic N) is 1. The quantitative estimate of drug-likeness (QED) is 0.712. The Balaban J connectivity index is 1.59. The van der Waals surface area contributed by atoms with Crippen LogP contribution in [0, 0.1) is 0 Å². The monoisotopic (exact) mass is 337 g/mol. The molecule has 2 aromatic heterocycles. The van der Waals surface area contributed by atoms with Gasteiger partial charge in [-0.3, -0.25) is 9.78 Å². The van der Waals surface area contributed by atoms with Crippen LogP contribution in [0.4, 0.5) is 0 Å². The molecule has 4 rings (SSSR count). The molecule has 0 aliphatic carbocycles. The van der Waals surface area contributed by atoms with Gasteiger partial charge in [0, 0.05) is 52.1 Å². The molecule has 6 heteroatoms. The van der Waals surface area contributed by atoms with Crippen molar-refractivity contribution in [3.63, 3.8) is 0 Å². The zero-order valence-corrected chi connectivity index (χ0v) is 13.8. The van der Waals surface area contributed by atoms with Crippen LogP contribution in [0.25, 0.3) is 10.9 Å². The Morgan fingerprint density at radius 2 is 2.25 bits per heavy atom. The number of benzene rings is 1. The van der Waals surface area contributed by atoms with E-state index in [1.807, 2.05) is 41.9 Å². The number of fused-ring (bicyclic) bond motifs is 1. The minimum absolute atomic E-state index is 0.0166. The summed E-state index contributed by atoms with van der Waals surface area (Å²) in [5.74, 6) is 0.735. The number of methoxy groups -OCH3 is 1. The molecule has 0 saturated heterocycles. The summed E-state index contributed by atoms with van der Waals surface area (Å²) < 4.78 is 5.22. The predicted octanol–water partition coefficient (Wildman–Crippen LogP) is 3.63. The first-order valence-corrected chi connectivity index (χ1v) is 8.42. The third-order valence-electron chi connectivity index (χ3n) is 3.97. The predicted molar refractivity (Wildman–Crippen MR) is 95.0 cm³/mol. The number of rotatable bonds is 4. The smallest absolute Gasteiger partial charge is 0.211 e. The normalized spacial score (nSPS) is 16.7. The highest BCUT2D eigenvalue weighted by molar-refractivity contribution is 8.02. The molecule has 24 heavy (non-hydrogen) atoms. The van der Waals surface area contributed by atoms with Crippen molar-refractivity contribution in [2.75, 3.05) is 7.11 Å². The number of carbonyl (C=O) groups is 1. The molecule has 0 saturated carbocycles. The number of ether oxygens (including phenoxy) is 1. The number of thioether (sulfide) groups is 1. The molecule has 1 unspecified atom stereocenters. The molecule has 5 nitrogen and oxygen atoms in total. The van der Waals surface area contributed by atoms with Gasteiger partial charge in [-0.25, -0.2) is 0 Å². The maximum Gasteiger partial charge on any atom is 0.211 e. The van der Waals surface area contributed by atoms with Crippen LogP contribution >= 0.6 is 11.8 Å². The largest absolute Gasteiger partial charge is 0.497 e. The van der Waals surface area contributed by atoms with Crippen molar-refractivity contribution in [3.05, 3.63) is 71.2 Å². The van der Waals surface area contributed by atoms with Crippen LogP contribution in [-0.4, -0.2) is 22.9 Å². The SMILES string of the molecule is COc1ccc2c(C(=O)C3=CSC(c4cccnc4)N3)c[nH]c2c1.